The van der Waals surface area contributed by atoms with Gasteiger partial charge in [0.05, 0.1) is 19.8 Å². The van der Waals surface area contributed by atoms with E-state index >= 15 is 0 Å². The number of hydrogen-bond acceptors (Lipinski definition) is 4. The van der Waals surface area contributed by atoms with Gasteiger partial charge in [-0.2, -0.15) is 0 Å². The SMILES string of the molecule is CC/C(=C/CO)c1cc(CCc2ccc(CO[Si](C)(C)C(C)(C)C)c(CO[Si](C)(C)C(C)(C)C)c2)cs1. The molecular formula is C31H52O3SSi2. The second kappa shape index (κ2) is 12.9. The summed E-state index contributed by atoms with van der Waals surface area (Å²) < 4.78 is 13.3. The number of aliphatic hydroxyl groups excluding tert-OH is 1. The van der Waals surface area contributed by atoms with Gasteiger partial charge in [0.25, 0.3) is 0 Å². The Bertz CT molecular complexity index is 1040. The summed E-state index contributed by atoms with van der Waals surface area (Å²) in [6, 6.07) is 9.19. The molecule has 1 aromatic carbocycles. The fourth-order valence-electron chi connectivity index (χ4n) is 3.55. The quantitative estimate of drug-likeness (QED) is 0.263. The van der Waals surface area contributed by atoms with Crippen molar-refractivity contribution in [3.63, 3.8) is 0 Å². The standard InChI is InChI=1S/C31H52O3SSi2/c1-12-26(17-18-32)29-20-25(23-35-29)14-13-24-15-16-27(21-33-36(8,9)30(2,3)4)28(19-24)22-34-37(10,11)31(5,6)7/h15-17,19-20,23,32H,12-14,18,21-22H2,1-11H3/b26-17-. The van der Waals surface area contributed by atoms with E-state index in [2.05, 4.69) is 104 Å². The van der Waals surface area contributed by atoms with Gasteiger partial charge in [-0.05, 0) is 94.8 Å². The second-order valence-corrected chi connectivity index (χ2v) is 23.8. The highest BCUT2D eigenvalue weighted by molar-refractivity contribution is 7.11. The van der Waals surface area contributed by atoms with E-state index in [9.17, 15) is 5.11 Å². The van der Waals surface area contributed by atoms with Crippen LogP contribution < -0.4 is 0 Å². The first-order valence-electron chi connectivity index (χ1n) is 13.8. The molecule has 0 radical (unpaired) electrons. The summed E-state index contributed by atoms with van der Waals surface area (Å²) in [5, 5.41) is 11.9. The number of hydrogen-bond donors (Lipinski definition) is 1. The maximum atomic E-state index is 9.31. The molecule has 0 saturated carbocycles. The van der Waals surface area contributed by atoms with E-state index in [0.29, 0.717) is 13.2 Å². The van der Waals surface area contributed by atoms with Crippen LogP contribution in [-0.2, 0) is 34.9 Å². The lowest BCUT2D eigenvalue weighted by atomic mass is 10.00. The van der Waals surface area contributed by atoms with Crippen LogP contribution in [0, 0.1) is 0 Å². The van der Waals surface area contributed by atoms with Gasteiger partial charge in [0.2, 0.25) is 0 Å². The Morgan fingerprint density at radius 3 is 1.89 bits per heavy atom. The Labute approximate surface area is 233 Å². The normalized spacial score (nSPS) is 13.9. The average Bonchev–Trinajstić information content (AvgIpc) is 3.26. The summed E-state index contributed by atoms with van der Waals surface area (Å²) in [4.78, 5) is 1.27. The lowest BCUT2D eigenvalue weighted by Gasteiger charge is -2.37. The van der Waals surface area contributed by atoms with Crippen LogP contribution in [0.2, 0.25) is 36.3 Å². The number of allylic oxidation sites excluding steroid dienone is 1. The number of aliphatic hydroxyl groups is 1. The molecule has 2 rings (SSSR count). The average molecular weight is 561 g/mol. The summed E-state index contributed by atoms with van der Waals surface area (Å²) >= 11 is 1.78. The van der Waals surface area contributed by atoms with E-state index in [1.54, 1.807) is 11.3 Å². The topological polar surface area (TPSA) is 38.7 Å². The molecule has 0 unspecified atom stereocenters. The molecule has 0 atom stereocenters. The van der Waals surface area contributed by atoms with Crippen LogP contribution in [0.15, 0.2) is 35.7 Å². The van der Waals surface area contributed by atoms with Gasteiger partial charge in [-0.1, -0.05) is 72.7 Å². The first kappa shape index (κ1) is 32.2. The molecule has 0 bridgehead atoms. The molecular weight excluding hydrogens is 509 g/mol. The first-order valence-corrected chi connectivity index (χ1v) is 20.5. The first-order chi connectivity index (χ1) is 17.0. The third-order valence-corrected chi connectivity index (χ3v) is 18.5. The van der Waals surface area contributed by atoms with Crippen LogP contribution >= 0.6 is 11.3 Å². The number of aryl methyl sites for hydroxylation is 2. The van der Waals surface area contributed by atoms with E-state index < -0.39 is 16.6 Å². The minimum Gasteiger partial charge on any atom is -0.413 e. The van der Waals surface area contributed by atoms with Crippen LogP contribution in [-0.4, -0.2) is 28.3 Å². The highest BCUT2D eigenvalue weighted by Crippen LogP contribution is 2.39. The van der Waals surface area contributed by atoms with Crippen LogP contribution in [0.25, 0.3) is 5.57 Å². The predicted octanol–water partition coefficient (Wildman–Crippen LogP) is 9.36. The van der Waals surface area contributed by atoms with Gasteiger partial charge >= 0.3 is 0 Å². The van der Waals surface area contributed by atoms with E-state index in [-0.39, 0.29) is 16.7 Å². The molecule has 0 aliphatic heterocycles. The van der Waals surface area contributed by atoms with Crippen LogP contribution in [0.1, 0.15) is 82.0 Å². The van der Waals surface area contributed by atoms with Crippen LogP contribution in [0.5, 0.6) is 0 Å². The molecule has 0 aliphatic rings. The minimum atomic E-state index is -1.86. The summed E-state index contributed by atoms with van der Waals surface area (Å²) in [5.74, 6) is 0. The maximum Gasteiger partial charge on any atom is 0.192 e. The Kier molecular flexibility index (Phi) is 11.2. The van der Waals surface area contributed by atoms with Crippen LogP contribution in [0.3, 0.4) is 0 Å². The Hall–Kier alpha value is -1.03. The summed E-state index contributed by atoms with van der Waals surface area (Å²) in [7, 11) is -3.70. The Morgan fingerprint density at radius 1 is 0.838 bits per heavy atom. The van der Waals surface area contributed by atoms with Crippen molar-refractivity contribution >= 4 is 33.5 Å². The van der Waals surface area contributed by atoms with Gasteiger partial charge < -0.3 is 14.0 Å². The van der Waals surface area contributed by atoms with Crippen molar-refractivity contribution in [3.05, 3.63) is 62.9 Å². The molecule has 37 heavy (non-hydrogen) atoms. The van der Waals surface area contributed by atoms with Gasteiger partial charge in [0.1, 0.15) is 0 Å². The van der Waals surface area contributed by atoms with Crippen LogP contribution in [0.4, 0.5) is 0 Å². The van der Waals surface area contributed by atoms with Gasteiger partial charge in [0.15, 0.2) is 16.6 Å². The second-order valence-electron chi connectivity index (χ2n) is 13.3. The van der Waals surface area contributed by atoms with Crippen molar-refractivity contribution in [1.82, 2.24) is 0 Å². The third-order valence-electron chi connectivity index (χ3n) is 8.45. The Morgan fingerprint density at radius 2 is 1.38 bits per heavy atom. The molecule has 3 nitrogen and oxygen atoms in total. The molecule has 2 aromatic rings. The molecule has 1 aromatic heterocycles. The molecule has 0 fully saturated rings. The number of benzene rings is 1. The monoisotopic (exact) mass is 560 g/mol. The summed E-state index contributed by atoms with van der Waals surface area (Å²) in [6.07, 6.45) is 4.87. The van der Waals surface area contributed by atoms with Crippen molar-refractivity contribution in [2.45, 2.75) is 117 Å². The third kappa shape index (κ3) is 9.01. The fraction of sp³-hybridized carbons (Fsp3) is 0.613. The smallest absolute Gasteiger partial charge is 0.192 e. The largest absolute Gasteiger partial charge is 0.413 e. The molecule has 0 amide bonds. The summed E-state index contributed by atoms with van der Waals surface area (Å²) in [5.41, 5.74) is 6.47. The Balaban J connectivity index is 2.23. The minimum absolute atomic E-state index is 0.0988. The van der Waals surface area contributed by atoms with E-state index in [4.69, 9.17) is 8.85 Å². The molecule has 208 valence electrons. The zero-order chi connectivity index (χ0) is 28.1. The lowest BCUT2D eigenvalue weighted by molar-refractivity contribution is 0.257. The molecule has 0 saturated heterocycles. The number of rotatable bonds is 12. The number of thiophene rings is 1. The molecule has 1 N–H and O–H groups in total. The van der Waals surface area contributed by atoms with Crippen molar-refractivity contribution in [2.24, 2.45) is 0 Å². The van der Waals surface area contributed by atoms with E-state index in [0.717, 1.165) is 19.3 Å². The van der Waals surface area contributed by atoms with Crippen molar-refractivity contribution in [3.8, 4) is 0 Å². The van der Waals surface area contributed by atoms with Gasteiger partial charge in [-0.25, -0.2) is 0 Å². The molecule has 1 heterocycles. The van der Waals surface area contributed by atoms with E-state index in [1.165, 1.54) is 32.7 Å². The van der Waals surface area contributed by atoms with Crippen molar-refractivity contribution in [1.29, 1.82) is 0 Å². The lowest BCUT2D eigenvalue weighted by Crippen LogP contribution is -2.41. The predicted molar refractivity (Wildman–Crippen MR) is 167 cm³/mol. The molecule has 0 spiro atoms. The zero-order valence-corrected chi connectivity index (χ0v) is 28.2. The molecule has 6 heteroatoms. The summed E-state index contributed by atoms with van der Waals surface area (Å²) in [6.45, 7) is 26.6. The van der Waals surface area contributed by atoms with E-state index in [1.807, 2.05) is 6.08 Å². The molecule has 0 aliphatic carbocycles. The van der Waals surface area contributed by atoms with Gasteiger partial charge in [-0.3, -0.25) is 0 Å². The van der Waals surface area contributed by atoms with Gasteiger partial charge in [-0.15, -0.1) is 11.3 Å². The fourth-order valence-corrected chi connectivity index (χ4v) is 6.51. The highest BCUT2D eigenvalue weighted by Gasteiger charge is 2.38. The van der Waals surface area contributed by atoms with Crippen molar-refractivity contribution < 1.29 is 14.0 Å². The maximum absolute atomic E-state index is 9.31. The van der Waals surface area contributed by atoms with Gasteiger partial charge in [0, 0.05) is 4.88 Å². The zero-order valence-electron chi connectivity index (χ0n) is 25.4. The highest BCUT2D eigenvalue weighted by atomic mass is 32.1. The van der Waals surface area contributed by atoms with Crippen molar-refractivity contribution in [2.75, 3.05) is 6.61 Å².